The molecule has 0 unspecified atom stereocenters. The average molecular weight is 167 g/mol. The lowest BCUT2D eigenvalue weighted by atomic mass is 10.4. The summed E-state index contributed by atoms with van der Waals surface area (Å²) in [6.45, 7) is 3.37. The minimum absolute atomic E-state index is 0.184. The molecule has 1 heterocycles. The van der Waals surface area contributed by atoms with Crippen molar-refractivity contribution in [3.8, 4) is 0 Å². The smallest absolute Gasteiger partial charge is 0.318 e. The molecule has 0 spiro atoms. The van der Waals surface area contributed by atoms with Crippen molar-refractivity contribution >= 4 is 0 Å². The molecule has 0 fully saturated rings. The van der Waals surface area contributed by atoms with Crippen LogP contribution < -0.4 is 11.0 Å². The number of hydrogen-bond acceptors (Lipinski definition) is 3. The molecule has 0 amide bonds. The van der Waals surface area contributed by atoms with Gasteiger partial charge in [-0.05, 0) is 19.5 Å². The Morgan fingerprint density at radius 1 is 1.67 bits per heavy atom. The van der Waals surface area contributed by atoms with Crippen LogP contribution in [0.3, 0.4) is 0 Å². The van der Waals surface area contributed by atoms with Crippen LogP contribution in [-0.2, 0) is 6.54 Å². The van der Waals surface area contributed by atoms with Crippen molar-refractivity contribution in [3.05, 3.63) is 28.4 Å². The average Bonchev–Trinajstić information content (AvgIpc) is 2.07. The molecule has 1 aromatic heterocycles. The van der Waals surface area contributed by atoms with Crippen molar-refractivity contribution in [2.75, 3.05) is 13.6 Å². The van der Waals surface area contributed by atoms with Gasteiger partial charge in [0.2, 0.25) is 0 Å². The van der Waals surface area contributed by atoms with Crippen molar-refractivity contribution in [2.45, 2.75) is 13.5 Å². The lowest BCUT2D eigenvalue weighted by Gasteiger charge is -2.03. The fourth-order valence-electron chi connectivity index (χ4n) is 0.958. The van der Waals surface area contributed by atoms with Crippen LogP contribution in [-0.4, -0.2) is 23.1 Å². The Hall–Kier alpha value is -1.16. The van der Waals surface area contributed by atoms with E-state index >= 15 is 0 Å². The number of rotatable bonds is 3. The third-order valence-electron chi connectivity index (χ3n) is 1.59. The van der Waals surface area contributed by atoms with E-state index in [4.69, 9.17) is 0 Å². The highest BCUT2D eigenvalue weighted by molar-refractivity contribution is 4.99. The summed E-state index contributed by atoms with van der Waals surface area (Å²) in [5, 5.41) is 2.98. The Labute approximate surface area is 71.3 Å². The zero-order chi connectivity index (χ0) is 8.97. The molecule has 4 nitrogen and oxygen atoms in total. The predicted octanol–water partition coefficient (Wildman–Crippen LogP) is -0.229. The number of aryl methyl sites for hydroxylation is 1. The Bertz CT molecular complexity index is 305. The molecule has 0 saturated heterocycles. The van der Waals surface area contributed by atoms with E-state index in [-0.39, 0.29) is 5.69 Å². The lowest BCUT2D eigenvalue weighted by Crippen LogP contribution is -2.26. The molecule has 12 heavy (non-hydrogen) atoms. The fraction of sp³-hybridized carbons (Fsp3) is 0.500. The molecular weight excluding hydrogens is 154 g/mol. The fourth-order valence-corrected chi connectivity index (χ4v) is 0.958. The van der Waals surface area contributed by atoms with Crippen LogP contribution in [0.25, 0.3) is 0 Å². The zero-order valence-electron chi connectivity index (χ0n) is 7.37. The van der Waals surface area contributed by atoms with Gasteiger partial charge in [-0.3, -0.25) is 4.57 Å². The van der Waals surface area contributed by atoms with Gasteiger partial charge in [0.25, 0.3) is 0 Å². The number of hydrogen-bond donors (Lipinski definition) is 1. The summed E-state index contributed by atoms with van der Waals surface area (Å²) >= 11 is 0. The molecule has 0 bridgehead atoms. The van der Waals surface area contributed by atoms with Crippen LogP contribution in [0.1, 0.15) is 5.56 Å². The second kappa shape index (κ2) is 4.01. The minimum Gasteiger partial charge on any atom is -0.318 e. The molecule has 66 valence electrons. The molecule has 0 saturated carbocycles. The predicted molar refractivity (Wildman–Crippen MR) is 47.2 cm³/mol. The van der Waals surface area contributed by atoms with E-state index in [0.717, 1.165) is 12.1 Å². The highest BCUT2D eigenvalue weighted by Gasteiger charge is 1.94. The molecule has 0 aliphatic rings. The number of likely N-dealkylation sites (N-methyl/N-ethyl adjacent to an activating group) is 1. The summed E-state index contributed by atoms with van der Waals surface area (Å²) in [5.74, 6) is 0. The Balaban J connectivity index is 2.83. The van der Waals surface area contributed by atoms with Crippen molar-refractivity contribution < 1.29 is 0 Å². The van der Waals surface area contributed by atoms with Gasteiger partial charge < -0.3 is 5.32 Å². The van der Waals surface area contributed by atoms with Gasteiger partial charge in [-0.2, -0.15) is 0 Å². The van der Waals surface area contributed by atoms with Crippen molar-refractivity contribution in [1.82, 2.24) is 14.9 Å². The van der Waals surface area contributed by atoms with Crippen LogP contribution >= 0.6 is 0 Å². The SMILES string of the molecule is CNCCn1cc(C)cnc1=O. The molecule has 1 aromatic rings. The number of aromatic nitrogens is 2. The van der Waals surface area contributed by atoms with Crippen LogP contribution in [0.15, 0.2) is 17.2 Å². The first-order chi connectivity index (χ1) is 5.74. The topological polar surface area (TPSA) is 46.9 Å². The Morgan fingerprint density at radius 3 is 3.08 bits per heavy atom. The first-order valence-corrected chi connectivity index (χ1v) is 3.91. The zero-order valence-corrected chi connectivity index (χ0v) is 7.37. The third kappa shape index (κ3) is 2.17. The van der Waals surface area contributed by atoms with Gasteiger partial charge in [0.1, 0.15) is 0 Å². The maximum absolute atomic E-state index is 11.1. The highest BCUT2D eigenvalue weighted by atomic mass is 16.1. The second-order valence-corrected chi connectivity index (χ2v) is 2.71. The second-order valence-electron chi connectivity index (χ2n) is 2.71. The quantitative estimate of drug-likeness (QED) is 0.676. The van der Waals surface area contributed by atoms with Gasteiger partial charge in [-0.15, -0.1) is 0 Å². The van der Waals surface area contributed by atoms with Gasteiger partial charge in [-0.25, -0.2) is 9.78 Å². The maximum atomic E-state index is 11.1. The van der Waals surface area contributed by atoms with E-state index < -0.39 is 0 Å². The standard InChI is InChI=1S/C8H13N3O/c1-7-5-10-8(12)11(6-7)4-3-9-2/h5-6,9H,3-4H2,1-2H3. The maximum Gasteiger partial charge on any atom is 0.347 e. The molecule has 0 aliphatic heterocycles. The minimum atomic E-state index is -0.184. The summed E-state index contributed by atoms with van der Waals surface area (Å²) < 4.78 is 1.60. The van der Waals surface area contributed by atoms with Gasteiger partial charge in [0.05, 0.1) is 0 Å². The summed E-state index contributed by atoms with van der Waals surface area (Å²) in [6, 6.07) is 0. The third-order valence-corrected chi connectivity index (χ3v) is 1.59. The Morgan fingerprint density at radius 2 is 2.42 bits per heavy atom. The van der Waals surface area contributed by atoms with E-state index in [1.54, 1.807) is 10.8 Å². The molecule has 1 N–H and O–H groups in total. The van der Waals surface area contributed by atoms with E-state index in [2.05, 4.69) is 10.3 Å². The molecule has 0 aliphatic carbocycles. The van der Waals surface area contributed by atoms with Gasteiger partial charge in [-0.1, -0.05) is 0 Å². The molecule has 0 aromatic carbocycles. The highest BCUT2D eigenvalue weighted by Crippen LogP contribution is 1.88. The molecule has 4 heteroatoms. The lowest BCUT2D eigenvalue weighted by molar-refractivity contribution is 0.609. The molecule has 0 radical (unpaired) electrons. The van der Waals surface area contributed by atoms with Crippen LogP contribution in [0.2, 0.25) is 0 Å². The summed E-state index contributed by atoms with van der Waals surface area (Å²) in [7, 11) is 1.86. The van der Waals surface area contributed by atoms with Crippen LogP contribution in [0.4, 0.5) is 0 Å². The van der Waals surface area contributed by atoms with Gasteiger partial charge in [0, 0.05) is 25.5 Å². The van der Waals surface area contributed by atoms with E-state index in [1.807, 2.05) is 20.2 Å². The molecule has 0 atom stereocenters. The monoisotopic (exact) mass is 167 g/mol. The first-order valence-electron chi connectivity index (χ1n) is 3.91. The summed E-state index contributed by atoms with van der Waals surface area (Å²) in [5.41, 5.74) is 0.821. The Kier molecular flexibility index (Phi) is 2.99. The van der Waals surface area contributed by atoms with Gasteiger partial charge in [0.15, 0.2) is 0 Å². The normalized spacial score (nSPS) is 10.2. The van der Waals surface area contributed by atoms with E-state index in [9.17, 15) is 4.79 Å². The first kappa shape index (κ1) is 8.93. The van der Waals surface area contributed by atoms with Crippen molar-refractivity contribution in [3.63, 3.8) is 0 Å². The molecular formula is C8H13N3O. The molecule has 1 rings (SSSR count). The van der Waals surface area contributed by atoms with Gasteiger partial charge >= 0.3 is 5.69 Å². The number of nitrogens with zero attached hydrogens (tertiary/aromatic N) is 2. The summed E-state index contributed by atoms with van der Waals surface area (Å²) in [6.07, 6.45) is 3.39. The van der Waals surface area contributed by atoms with Crippen LogP contribution in [0, 0.1) is 6.92 Å². The number of nitrogens with one attached hydrogen (secondary N) is 1. The van der Waals surface area contributed by atoms with Crippen molar-refractivity contribution in [1.29, 1.82) is 0 Å². The van der Waals surface area contributed by atoms with E-state index in [0.29, 0.717) is 6.54 Å². The van der Waals surface area contributed by atoms with E-state index in [1.165, 1.54) is 0 Å². The van der Waals surface area contributed by atoms with Crippen molar-refractivity contribution in [2.24, 2.45) is 0 Å². The summed E-state index contributed by atoms with van der Waals surface area (Å²) in [4.78, 5) is 14.8. The van der Waals surface area contributed by atoms with Crippen LogP contribution in [0.5, 0.6) is 0 Å². The largest absolute Gasteiger partial charge is 0.347 e.